The first-order valence-corrected chi connectivity index (χ1v) is 44.7. The van der Waals surface area contributed by atoms with Crippen molar-refractivity contribution in [2.75, 3.05) is 47.5 Å². The van der Waals surface area contributed by atoms with E-state index in [1.165, 1.54) is 430 Å². The molecule has 0 aromatic carbocycles. The predicted octanol–water partition coefficient (Wildman–Crippen LogP) is 27.6. The second-order valence-corrected chi connectivity index (χ2v) is 32.3. The zero-order valence-corrected chi connectivity index (χ0v) is 67.2. The molecule has 9 heteroatoms. The number of rotatable bonds is 86. The third kappa shape index (κ3) is 81.6. The average molecular weight is 1390 g/mol. The molecular formula is C89H175NO8. The maximum atomic E-state index is 13.0. The first kappa shape index (κ1) is 96.3. The highest BCUT2D eigenvalue weighted by molar-refractivity contribution is 5.70. The van der Waals surface area contributed by atoms with Crippen LogP contribution in [0.1, 0.15) is 495 Å². The van der Waals surface area contributed by atoms with Crippen molar-refractivity contribution in [3.05, 3.63) is 0 Å². The largest absolute Gasteiger partial charge is 0.545 e. The lowest BCUT2D eigenvalue weighted by Gasteiger charge is -2.26. The summed E-state index contributed by atoms with van der Waals surface area (Å²) in [5.74, 6) is -2.24. The van der Waals surface area contributed by atoms with E-state index in [9.17, 15) is 19.5 Å². The Hall–Kier alpha value is -1.71. The number of carboxylic acids is 1. The Morgan fingerprint density at radius 1 is 0.265 bits per heavy atom. The fourth-order valence-corrected chi connectivity index (χ4v) is 14.3. The summed E-state index contributed by atoms with van der Waals surface area (Å²) in [6.45, 7) is 4.87. The van der Waals surface area contributed by atoms with Crippen LogP contribution >= 0.6 is 0 Å². The quantitative estimate of drug-likeness (QED) is 0.0256. The maximum absolute atomic E-state index is 13.0. The van der Waals surface area contributed by atoms with E-state index in [1.54, 1.807) is 0 Å². The molecule has 2 unspecified atom stereocenters. The van der Waals surface area contributed by atoms with Gasteiger partial charge in [0, 0.05) is 12.8 Å². The molecule has 0 aliphatic carbocycles. The van der Waals surface area contributed by atoms with Crippen molar-refractivity contribution >= 4 is 17.9 Å². The summed E-state index contributed by atoms with van der Waals surface area (Å²) in [6, 6.07) is 0. The van der Waals surface area contributed by atoms with E-state index < -0.39 is 24.3 Å². The van der Waals surface area contributed by atoms with Gasteiger partial charge in [-0.15, -0.1) is 0 Å². The number of carboxylic acid groups (broad SMARTS) is 1. The van der Waals surface area contributed by atoms with Crippen LogP contribution in [0.4, 0.5) is 0 Å². The van der Waals surface area contributed by atoms with Crippen LogP contribution in [0.25, 0.3) is 0 Å². The fraction of sp³-hybridized carbons (Fsp3) is 0.966. The predicted molar refractivity (Wildman–Crippen MR) is 422 cm³/mol. The minimum atomic E-state index is -1.62. The molecule has 0 rings (SSSR count). The van der Waals surface area contributed by atoms with Crippen LogP contribution in [0.5, 0.6) is 0 Å². The number of hydrogen-bond acceptors (Lipinski definition) is 8. The summed E-state index contributed by atoms with van der Waals surface area (Å²) >= 11 is 0. The van der Waals surface area contributed by atoms with Crippen molar-refractivity contribution in [3.8, 4) is 0 Å². The van der Waals surface area contributed by atoms with Crippen LogP contribution in [0.3, 0.4) is 0 Å². The van der Waals surface area contributed by atoms with E-state index in [0.717, 1.165) is 38.5 Å². The van der Waals surface area contributed by atoms with Gasteiger partial charge < -0.3 is 33.3 Å². The number of ether oxygens (including phenoxy) is 4. The smallest absolute Gasteiger partial charge is 0.306 e. The SMILES string of the molecule is CCCCCCCCCCCCCCCCCCCCCCCCCCCCCCCCCCCCCCCC(=O)OC(COC(=O)CCCCCCCCCCCCCCCCCCCCCCCCCCCCCCCCCCCCCC)COC(OCC[N+](C)(C)C)C(=O)[O-]. The molecule has 9 nitrogen and oxygen atoms in total. The molecule has 0 aliphatic heterocycles. The number of carbonyl (C=O) groups excluding carboxylic acids is 3. The molecule has 0 aromatic rings. The average Bonchev–Trinajstić information content (AvgIpc) is 1.26. The minimum Gasteiger partial charge on any atom is -0.545 e. The number of aliphatic carboxylic acids is 1. The molecule has 0 fully saturated rings. The van der Waals surface area contributed by atoms with Crippen molar-refractivity contribution in [2.45, 2.75) is 508 Å². The molecule has 0 bridgehead atoms. The fourth-order valence-electron chi connectivity index (χ4n) is 14.3. The Kier molecular flexibility index (Phi) is 79.6. The van der Waals surface area contributed by atoms with Crippen molar-refractivity contribution < 1.29 is 42.9 Å². The van der Waals surface area contributed by atoms with Crippen molar-refractivity contribution in [1.29, 1.82) is 0 Å². The Morgan fingerprint density at radius 3 is 0.653 bits per heavy atom. The highest BCUT2D eigenvalue weighted by Gasteiger charge is 2.22. The first-order chi connectivity index (χ1) is 48.1. The molecule has 0 aliphatic rings. The van der Waals surface area contributed by atoms with Gasteiger partial charge in [-0.05, 0) is 12.8 Å². The molecule has 0 spiro atoms. The molecule has 584 valence electrons. The highest BCUT2D eigenvalue weighted by atomic mass is 16.7. The van der Waals surface area contributed by atoms with Gasteiger partial charge in [-0.2, -0.15) is 0 Å². The summed E-state index contributed by atoms with van der Waals surface area (Å²) in [5.41, 5.74) is 0. The summed E-state index contributed by atoms with van der Waals surface area (Å²) in [5, 5.41) is 11.9. The Morgan fingerprint density at radius 2 is 0.459 bits per heavy atom. The maximum Gasteiger partial charge on any atom is 0.306 e. The minimum absolute atomic E-state index is 0.154. The van der Waals surface area contributed by atoms with Crippen LogP contribution in [0.15, 0.2) is 0 Å². The topological polar surface area (TPSA) is 111 Å². The molecule has 0 saturated heterocycles. The van der Waals surface area contributed by atoms with Gasteiger partial charge in [0.15, 0.2) is 12.4 Å². The van der Waals surface area contributed by atoms with E-state index in [1.807, 2.05) is 21.1 Å². The molecule has 0 aromatic heterocycles. The number of esters is 2. The number of quaternary nitrogens is 1. The lowest BCUT2D eigenvalue weighted by Crippen LogP contribution is -2.44. The summed E-state index contributed by atoms with van der Waals surface area (Å²) in [6.07, 6.45) is 98.6. The zero-order valence-electron chi connectivity index (χ0n) is 67.2. The third-order valence-electron chi connectivity index (χ3n) is 21.1. The van der Waals surface area contributed by atoms with Crippen LogP contribution in [-0.2, 0) is 33.3 Å². The molecule has 98 heavy (non-hydrogen) atoms. The third-order valence-corrected chi connectivity index (χ3v) is 21.1. The summed E-state index contributed by atoms with van der Waals surface area (Å²) in [4.78, 5) is 37.7. The highest BCUT2D eigenvalue weighted by Crippen LogP contribution is 2.22. The second-order valence-electron chi connectivity index (χ2n) is 32.3. The number of hydrogen-bond donors (Lipinski definition) is 0. The van der Waals surface area contributed by atoms with Crippen LogP contribution < -0.4 is 5.11 Å². The second kappa shape index (κ2) is 81.0. The summed E-state index contributed by atoms with van der Waals surface area (Å²) < 4.78 is 22.9. The van der Waals surface area contributed by atoms with Gasteiger partial charge >= 0.3 is 11.9 Å². The molecule has 0 radical (unpaired) electrons. The van der Waals surface area contributed by atoms with Gasteiger partial charge in [0.05, 0.1) is 40.3 Å². The Bertz CT molecular complexity index is 1570. The Labute approximate surface area is 613 Å². The van der Waals surface area contributed by atoms with Crippen molar-refractivity contribution in [1.82, 2.24) is 0 Å². The van der Waals surface area contributed by atoms with E-state index in [2.05, 4.69) is 13.8 Å². The molecule has 0 heterocycles. The van der Waals surface area contributed by atoms with Gasteiger partial charge in [0.1, 0.15) is 13.2 Å². The van der Waals surface area contributed by atoms with Gasteiger partial charge in [0.25, 0.3) is 0 Å². The monoisotopic (exact) mass is 1390 g/mol. The molecule has 0 saturated carbocycles. The number of carbonyl (C=O) groups is 3. The van der Waals surface area contributed by atoms with E-state index in [0.29, 0.717) is 17.4 Å². The first-order valence-electron chi connectivity index (χ1n) is 44.7. The van der Waals surface area contributed by atoms with Crippen molar-refractivity contribution in [3.63, 3.8) is 0 Å². The van der Waals surface area contributed by atoms with E-state index in [4.69, 9.17) is 18.9 Å². The summed E-state index contributed by atoms with van der Waals surface area (Å²) in [7, 11) is 5.96. The van der Waals surface area contributed by atoms with Gasteiger partial charge in [-0.25, -0.2) is 0 Å². The Balaban J connectivity index is 3.88. The molecule has 0 amide bonds. The normalized spacial score (nSPS) is 12.5. The van der Waals surface area contributed by atoms with Gasteiger partial charge in [-0.3, -0.25) is 9.59 Å². The number of nitrogens with zero attached hydrogens (tertiary/aromatic N) is 1. The standard InChI is InChI=1S/C89H175NO8/c1-6-8-10-12-14-16-18-20-22-24-26-28-30-32-34-36-38-40-42-44-46-48-50-52-54-56-58-60-62-64-66-68-70-72-74-76-78-80-87(92)98-85(84-97-89(88(93)94)95-82-81-90(3,4)5)83-96-86(91)79-77-75-73-71-69-67-65-63-61-59-57-55-53-51-49-47-45-43-41-39-37-35-33-31-29-27-25-23-21-19-17-15-13-11-9-7-2/h85,89H,6-84H2,1-5H3. The van der Waals surface area contributed by atoms with Crippen molar-refractivity contribution in [2.24, 2.45) is 0 Å². The van der Waals surface area contributed by atoms with E-state index in [-0.39, 0.29) is 32.2 Å². The van der Waals surface area contributed by atoms with Gasteiger partial charge in [-0.1, -0.05) is 470 Å². The molecule has 0 N–H and O–H groups in total. The van der Waals surface area contributed by atoms with E-state index >= 15 is 0 Å². The van der Waals surface area contributed by atoms with Crippen LogP contribution in [0, 0.1) is 0 Å². The molecule has 2 atom stereocenters. The zero-order chi connectivity index (χ0) is 71.1. The van der Waals surface area contributed by atoms with Crippen LogP contribution in [0.2, 0.25) is 0 Å². The lowest BCUT2D eigenvalue weighted by atomic mass is 10.0. The number of likely N-dealkylation sites (N-methyl/N-ethyl adjacent to an activating group) is 1. The molecular weight excluding hydrogens is 1210 g/mol. The van der Waals surface area contributed by atoms with Gasteiger partial charge in [0.2, 0.25) is 0 Å². The van der Waals surface area contributed by atoms with Crippen LogP contribution in [-0.4, -0.2) is 82.3 Å². The lowest BCUT2D eigenvalue weighted by molar-refractivity contribution is -0.870. The number of unbranched alkanes of at least 4 members (excludes halogenated alkanes) is 71.